The number of amides is 1. The van der Waals surface area contributed by atoms with Crippen molar-refractivity contribution >= 4 is 17.4 Å². The second-order valence-electron chi connectivity index (χ2n) is 6.36. The van der Waals surface area contributed by atoms with E-state index in [1.807, 2.05) is 13.8 Å². The number of nitrogens with two attached hydrogens (primary N) is 1. The molecule has 1 aliphatic rings. The van der Waals surface area contributed by atoms with Gasteiger partial charge >= 0.3 is 0 Å². The number of anilines is 2. The molecule has 0 bridgehead atoms. The van der Waals surface area contributed by atoms with Gasteiger partial charge in [-0.2, -0.15) is 0 Å². The molecule has 0 aromatic carbocycles. The molecule has 3 N–H and O–H groups in total. The Morgan fingerprint density at radius 2 is 2.00 bits per heavy atom. The van der Waals surface area contributed by atoms with Gasteiger partial charge in [0, 0.05) is 13.1 Å². The van der Waals surface area contributed by atoms with Crippen molar-refractivity contribution in [2.45, 2.75) is 45.9 Å². The summed E-state index contributed by atoms with van der Waals surface area (Å²) in [5.74, 6) is 0.636. The van der Waals surface area contributed by atoms with Gasteiger partial charge in [-0.3, -0.25) is 9.69 Å². The van der Waals surface area contributed by atoms with Crippen LogP contribution in [0.4, 0.5) is 11.5 Å². The first kappa shape index (κ1) is 16.7. The summed E-state index contributed by atoms with van der Waals surface area (Å²) < 4.78 is 5.76. The highest BCUT2D eigenvalue weighted by atomic mass is 16.5. The molecule has 1 fully saturated rings. The van der Waals surface area contributed by atoms with Gasteiger partial charge in [-0.25, -0.2) is 4.98 Å². The average molecular weight is 306 g/mol. The Kier molecular flexibility index (Phi) is 5.37. The van der Waals surface area contributed by atoms with Crippen LogP contribution in [0.3, 0.4) is 0 Å². The van der Waals surface area contributed by atoms with Gasteiger partial charge < -0.3 is 15.8 Å². The number of nitrogens with one attached hydrogen (secondary N) is 1. The molecule has 0 aliphatic carbocycles. The quantitative estimate of drug-likeness (QED) is 0.885. The van der Waals surface area contributed by atoms with Crippen LogP contribution in [0.2, 0.25) is 0 Å². The third-order valence-corrected chi connectivity index (χ3v) is 3.80. The van der Waals surface area contributed by atoms with Crippen LogP contribution >= 0.6 is 0 Å². The van der Waals surface area contributed by atoms with Gasteiger partial charge in [0.2, 0.25) is 5.91 Å². The lowest BCUT2D eigenvalue weighted by atomic mass is 9.99. The van der Waals surface area contributed by atoms with Crippen molar-refractivity contribution in [3.8, 4) is 0 Å². The third kappa shape index (κ3) is 4.18. The second-order valence-corrected chi connectivity index (χ2v) is 6.36. The van der Waals surface area contributed by atoms with Crippen LogP contribution in [0, 0.1) is 5.92 Å². The zero-order chi connectivity index (χ0) is 16.3. The molecular formula is C16H26N4O2. The first-order chi connectivity index (χ1) is 10.4. The van der Waals surface area contributed by atoms with Crippen molar-refractivity contribution in [3.63, 3.8) is 0 Å². The molecule has 22 heavy (non-hydrogen) atoms. The smallest absolute Gasteiger partial charge is 0.242 e. The Morgan fingerprint density at radius 3 is 2.50 bits per heavy atom. The maximum atomic E-state index is 12.7. The molecule has 2 heterocycles. The number of pyridine rings is 1. The zero-order valence-electron chi connectivity index (χ0n) is 13.7. The number of nitrogens with zero attached hydrogens (tertiary/aromatic N) is 2. The van der Waals surface area contributed by atoms with Gasteiger partial charge in [0.25, 0.3) is 0 Å². The van der Waals surface area contributed by atoms with Crippen molar-refractivity contribution in [2.75, 3.05) is 24.1 Å². The van der Waals surface area contributed by atoms with E-state index < -0.39 is 0 Å². The lowest BCUT2D eigenvalue weighted by Gasteiger charge is -2.40. The first-order valence-electron chi connectivity index (χ1n) is 7.78. The van der Waals surface area contributed by atoms with E-state index in [9.17, 15) is 4.79 Å². The van der Waals surface area contributed by atoms with Crippen molar-refractivity contribution < 1.29 is 9.53 Å². The maximum Gasteiger partial charge on any atom is 0.242 e. The molecule has 6 heteroatoms. The largest absolute Gasteiger partial charge is 0.384 e. The van der Waals surface area contributed by atoms with Gasteiger partial charge in [-0.05, 0) is 31.9 Å². The van der Waals surface area contributed by atoms with Gasteiger partial charge in [-0.1, -0.05) is 13.8 Å². The number of aromatic nitrogens is 1. The topological polar surface area (TPSA) is 80.5 Å². The maximum absolute atomic E-state index is 12.7. The van der Waals surface area contributed by atoms with Crippen molar-refractivity contribution in [3.05, 3.63) is 18.3 Å². The lowest BCUT2D eigenvalue weighted by Crippen LogP contribution is -2.55. The van der Waals surface area contributed by atoms with E-state index in [2.05, 4.69) is 29.0 Å². The summed E-state index contributed by atoms with van der Waals surface area (Å²) in [6, 6.07) is 3.26. The van der Waals surface area contributed by atoms with Crippen LogP contribution in [0.1, 0.15) is 27.7 Å². The molecule has 1 aromatic rings. The van der Waals surface area contributed by atoms with Crippen LogP contribution in [0.5, 0.6) is 0 Å². The van der Waals surface area contributed by atoms with E-state index in [0.717, 1.165) is 13.1 Å². The number of carbonyl (C=O) groups excluding carboxylic acids is 1. The van der Waals surface area contributed by atoms with Gasteiger partial charge in [0.15, 0.2) is 0 Å². The van der Waals surface area contributed by atoms with Gasteiger partial charge in [0.05, 0.1) is 30.1 Å². The predicted molar refractivity (Wildman–Crippen MR) is 87.5 cm³/mol. The number of ether oxygens (including phenoxy) is 1. The molecule has 3 unspecified atom stereocenters. The molecule has 0 radical (unpaired) electrons. The van der Waals surface area contributed by atoms with Gasteiger partial charge in [0.1, 0.15) is 5.82 Å². The first-order valence-corrected chi connectivity index (χ1v) is 7.78. The standard InChI is InChI=1S/C16H26N4O2/c1-10(2)15(20-8-11(3)22-12(4)9-20)16(21)19-13-5-6-14(17)18-7-13/h5-7,10-12,15H,8-9H2,1-4H3,(H2,17,18)(H,19,21). The van der Waals surface area contributed by atoms with Crippen LogP contribution < -0.4 is 11.1 Å². The molecule has 1 saturated heterocycles. The molecule has 6 nitrogen and oxygen atoms in total. The summed E-state index contributed by atoms with van der Waals surface area (Å²) in [5.41, 5.74) is 6.23. The highest BCUT2D eigenvalue weighted by Crippen LogP contribution is 2.20. The van der Waals surface area contributed by atoms with Crippen molar-refractivity contribution in [1.82, 2.24) is 9.88 Å². The molecule has 0 spiro atoms. The minimum Gasteiger partial charge on any atom is -0.384 e. The summed E-state index contributed by atoms with van der Waals surface area (Å²) in [6.45, 7) is 9.75. The molecule has 3 atom stereocenters. The Bertz CT molecular complexity index is 493. The number of morpholine rings is 1. The average Bonchev–Trinajstić information content (AvgIpc) is 2.40. The Labute approximate surface area is 132 Å². The second kappa shape index (κ2) is 7.07. The summed E-state index contributed by atoms with van der Waals surface area (Å²) in [4.78, 5) is 18.9. The van der Waals surface area contributed by atoms with E-state index in [-0.39, 0.29) is 30.1 Å². The third-order valence-electron chi connectivity index (χ3n) is 3.80. The van der Waals surface area contributed by atoms with Crippen LogP contribution in [0.15, 0.2) is 18.3 Å². The molecule has 2 rings (SSSR count). The molecule has 1 aliphatic heterocycles. The van der Waals surface area contributed by atoms with Crippen LogP contribution in [-0.2, 0) is 9.53 Å². The minimum atomic E-state index is -0.189. The van der Waals surface area contributed by atoms with Crippen molar-refractivity contribution in [2.24, 2.45) is 5.92 Å². The van der Waals surface area contributed by atoms with Crippen LogP contribution in [-0.4, -0.2) is 47.1 Å². The summed E-state index contributed by atoms with van der Waals surface area (Å²) in [7, 11) is 0. The molecular weight excluding hydrogens is 280 g/mol. The zero-order valence-corrected chi connectivity index (χ0v) is 13.7. The summed E-state index contributed by atoms with van der Waals surface area (Å²) in [6.07, 6.45) is 1.85. The SMILES string of the molecule is CC1CN(C(C(=O)Nc2ccc(N)nc2)C(C)C)CC(C)O1. The molecule has 0 saturated carbocycles. The van der Waals surface area contributed by atoms with E-state index in [4.69, 9.17) is 10.5 Å². The summed E-state index contributed by atoms with van der Waals surface area (Å²) in [5, 5.41) is 2.94. The van der Waals surface area contributed by atoms with Crippen molar-refractivity contribution in [1.29, 1.82) is 0 Å². The number of hydrogen-bond donors (Lipinski definition) is 2. The number of carbonyl (C=O) groups is 1. The fourth-order valence-electron chi connectivity index (χ4n) is 3.03. The van der Waals surface area contributed by atoms with Gasteiger partial charge in [-0.15, -0.1) is 0 Å². The fourth-order valence-corrected chi connectivity index (χ4v) is 3.03. The fraction of sp³-hybridized carbons (Fsp3) is 0.625. The Morgan fingerprint density at radius 1 is 1.36 bits per heavy atom. The normalized spacial score (nSPS) is 24.2. The van der Waals surface area contributed by atoms with E-state index >= 15 is 0 Å². The van der Waals surface area contributed by atoms with Crippen LogP contribution in [0.25, 0.3) is 0 Å². The predicted octanol–water partition coefficient (Wildman–Crippen LogP) is 1.74. The number of rotatable bonds is 4. The minimum absolute atomic E-state index is 0.0112. The Balaban J connectivity index is 2.09. The number of hydrogen-bond acceptors (Lipinski definition) is 5. The monoisotopic (exact) mass is 306 g/mol. The summed E-state index contributed by atoms with van der Waals surface area (Å²) >= 11 is 0. The highest BCUT2D eigenvalue weighted by molar-refractivity contribution is 5.95. The Hall–Kier alpha value is -1.66. The van der Waals surface area contributed by atoms with E-state index in [1.165, 1.54) is 0 Å². The van der Waals surface area contributed by atoms with E-state index in [1.54, 1.807) is 18.3 Å². The molecule has 122 valence electrons. The number of nitrogen functional groups attached to an aromatic ring is 1. The highest BCUT2D eigenvalue weighted by Gasteiger charge is 2.34. The van der Waals surface area contributed by atoms with E-state index in [0.29, 0.717) is 11.5 Å². The molecule has 1 amide bonds. The molecule has 1 aromatic heterocycles. The lowest BCUT2D eigenvalue weighted by molar-refractivity contribution is -0.130.